The van der Waals surface area contributed by atoms with Crippen LogP contribution in [0.1, 0.15) is 12.0 Å². The van der Waals surface area contributed by atoms with Gasteiger partial charge < -0.3 is 10.2 Å². The second-order valence-electron chi connectivity index (χ2n) is 4.85. The molecular formula is C16H19N3O. The second-order valence-corrected chi connectivity index (χ2v) is 4.85. The zero-order valence-electron chi connectivity index (χ0n) is 11.8. The highest BCUT2D eigenvalue weighted by Crippen LogP contribution is 2.16. The lowest BCUT2D eigenvalue weighted by Gasteiger charge is -2.10. The van der Waals surface area contributed by atoms with E-state index in [2.05, 4.69) is 10.3 Å². The third kappa shape index (κ3) is 4.09. The van der Waals surface area contributed by atoms with Crippen LogP contribution in [0.2, 0.25) is 0 Å². The molecule has 0 aliphatic rings. The van der Waals surface area contributed by atoms with Crippen molar-refractivity contribution in [3.05, 3.63) is 54.4 Å². The number of aromatic nitrogens is 1. The highest BCUT2D eigenvalue weighted by molar-refractivity contribution is 5.75. The molecule has 0 spiro atoms. The number of carbonyl (C=O) groups excluding carboxylic acids is 1. The van der Waals surface area contributed by atoms with Gasteiger partial charge in [0.1, 0.15) is 0 Å². The van der Waals surface area contributed by atoms with Gasteiger partial charge in [-0.2, -0.15) is 0 Å². The van der Waals surface area contributed by atoms with E-state index in [4.69, 9.17) is 0 Å². The number of nitrogens with zero attached hydrogens (tertiary/aromatic N) is 2. The van der Waals surface area contributed by atoms with Crippen LogP contribution in [0.3, 0.4) is 0 Å². The first-order valence-corrected chi connectivity index (χ1v) is 6.61. The zero-order valence-corrected chi connectivity index (χ0v) is 11.8. The molecular weight excluding hydrogens is 250 g/mol. The molecule has 1 aromatic heterocycles. The molecule has 1 N–H and O–H groups in total. The highest BCUT2D eigenvalue weighted by atomic mass is 16.2. The van der Waals surface area contributed by atoms with Crippen molar-refractivity contribution in [2.24, 2.45) is 0 Å². The van der Waals surface area contributed by atoms with E-state index in [1.54, 1.807) is 31.4 Å². The standard InChI is InChI=1S/C16H19N3O/c1-19(2)16(20)8-5-13-3-6-14(7-4-13)18-15-9-11-17-12-10-15/h3-4,6-7,9-12H,5,8H2,1-2H3,(H,17,18). The van der Waals surface area contributed by atoms with Crippen LogP contribution in [-0.4, -0.2) is 29.9 Å². The number of aryl methyl sites for hydroxylation is 1. The molecule has 2 rings (SSSR count). The molecule has 0 fully saturated rings. The number of anilines is 2. The Morgan fingerprint density at radius 3 is 2.25 bits per heavy atom. The Kier molecular flexibility index (Phi) is 4.71. The number of amides is 1. The average molecular weight is 269 g/mol. The maximum atomic E-state index is 11.5. The van der Waals surface area contributed by atoms with Crippen molar-refractivity contribution in [2.75, 3.05) is 19.4 Å². The van der Waals surface area contributed by atoms with E-state index in [1.165, 1.54) is 5.56 Å². The fourth-order valence-electron chi connectivity index (χ4n) is 1.83. The van der Waals surface area contributed by atoms with Crippen molar-refractivity contribution in [1.29, 1.82) is 0 Å². The Balaban J connectivity index is 1.91. The minimum atomic E-state index is 0.156. The maximum absolute atomic E-state index is 11.5. The number of carbonyl (C=O) groups is 1. The van der Waals surface area contributed by atoms with E-state index in [-0.39, 0.29) is 5.91 Å². The Bertz CT molecular complexity index is 550. The predicted octanol–water partition coefficient (Wildman–Crippen LogP) is 2.85. The molecule has 104 valence electrons. The monoisotopic (exact) mass is 269 g/mol. The van der Waals surface area contributed by atoms with Gasteiger partial charge in [-0.15, -0.1) is 0 Å². The average Bonchev–Trinajstić information content (AvgIpc) is 2.47. The van der Waals surface area contributed by atoms with Gasteiger partial charge in [-0.3, -0.25) is 9.78 Å². The largest absolute Gasteiger partial charge is 0.355 e. The Morgan fingerprint density at radius 1 is 1.05 bits per heavy atom. The highest BCUT2D eigenvalue weighted by Gasteiger charge is 2.04. The molecule has 0 radical (unpaired) electrons. The lowest BCUT2D eigenvalue weighted by molar-refractivity contribution is -0.128. The van der Waals surface area contributed by atoms with E-state index in [1.807, 2.05) is 36.4 Å². The molecule has 0 unspecified atom stereocenters. The van der Waals surface area contributed by atoms with Crippen molar-refractivity contribution in [1.82, 2.24) is 9.88 Å². The smallest absolute Gasteiger partial charge is 0.222 e. The minimum absolute atomic E-state index is 0.156. The van der Waals surface area contributed by atoms with E-state index in [9.17, 15) is 4.79 Å². The number of hydrogen-bond acceptors (Lipinski definition) is 3. The summed E-state index contributed by atoms with van der Waals surface area (Å²) in [5.74, 6) is 0.156. The molecule has 20 heavy (non-hydrogen) atoms. The number of benzene rings is 1. The van der Waals surface area contributed by atoms with Crippen molar-refractivity contribution >= 4 is 17.3 Å². The van der Waals surface area contributed by atoms with Crippen molar-refractivity contribution in [3.8, 4) is 0 Å². The molecule has 4 nitrogen and oxygen atoms in total. The third-order valence-electron chi connectivity index (χ3n) is 3.05. The number of hydrogen-bond donors (Lipinski definition) is 1. The van der Waals surface area contributed by atoms with Gasteiger partial charge in [0.25, 0.3) is 0 Å². The van der Waals surface area contributed by atoms with Crippen LogP contribution in [0.25, 0.3) is 0 Å². The van der Waals surface area contributed by atoms with Crippen LogP contribution in [-0.2, 0) is 11.2 Å². The molecule has 0 saturated carbocycles. The van der Waals surface area contributed by atoms with Gasteiger partial charge in [0.15, 0.2) is 0 Å². The van der Waals surface area contributed by atoms with Gasteiger partial charge in [0.2, 0.25) is 5.91 Å². The fraction of sp³-hybridized carbons (Fsp3) is 0.250. The summed E-state index contributed by atoms with van der Waals surface area (Å²) in [6, 6.07) is 12.0. The van der Waals surface area contributed by atoms with Gasteiger partial charge in [0, 0.05) is 44.3 Å². The number of nitrogens with one attached hydrogen (secondary N) is 1. The van der Waals surface area contributed by atoms with Crippen molar-refractivity contribution in [2.45, 2.75) is 12.8 Å². The molecule has 0 atom stereocenters. The fourth-order valence-corrected chi connectivity index (χ4v) is 1.83. The first kappa shape index (κ1) is 14.1. The van der Waals surface area contributed by atoms with Gasteiger partial charge in [0.05, 0.1) is 0 Å². The molecule has 0 bridgehead atoms. The molecule has 1 amide bonds. The van der Waals surface area contributed by atoms with Crippen LogP contribution in [0.4, 0.5) is 11.4 Å². The third-order valence-corrected chi connectivity index (χ3v) is 3.05. The minimum Gasteiger partial charge on any atom is -0.355 e. The Hall–Kier alpha value is -2.36. The summed E-state index contributed by atoms with van der Waals surface area (Å²) in [7, 11) is 3.56. The van der Waals surface area contributed by atoms with E-state index in [0.717, 1.165) is 17.8 Å². The van der Waals surface area contributed by atoms with Crippen molar-refractivity contribution < 1.29 is 4.79 Å². The molecule has 2 aromatic rings. The summed E-state index contributed by atoms with van der Waals surface area (Å²) >= 11 is 0. The van der Waals surface area contributed by atoms with Crippen molar-refractivity contribution in [3.63, 3.8) is 0 Å². The lowest BCUT2D eigenvalue weighted by atomic mass is 10.1. The SMILES string of the molecule is CN(C)C(=O)CCc1ccc(Nc2ccncc2)cc1. The summed E-state index contributed by atoms with van der Waals surface area (Å²) < 4.78 is 0. The topological polar surface area (TPSA) is 45.2 Å². The van der Waals surface area contributed by atoms with Crippen LogP contribution >= 0.6 is 0 Å². The lowest BCUT2D eigenvalue weighted by Crippen LogP contribution is -2.21. The molecule has 4 heteroatoms. The normalized spacial score (nSPS) is 10.1. The van der Waals surface area contributed by atoms with E-state index >= 15 is 0 Å². The van der Waals surface area contributed by atoms with Crippen LogP contribution < -0.4 is 5.32 Å². The Labute approximate surface area is 119 Å². The summed E-state index contributed by atoms with van der Waals surface area (Å²) in [5, 5.41) is 3.30. The van der Waals surface area contributed by atoms with E-state index < -0.39 is 0 Å². The number of pyridine rings is 1. The molecule has 0 saturated heterocycles. The molecule has 1 heterocycles. The summed E-state index contributed by atoms with van der Waals surface area (Å²) in [6.45, 7) is 0. The van der Waals surface area contributed by atoms with Crippen LogP contribution in [0.15, 0.2) is 48.8 Å². The first-order chi connectivity index (χ1) is 9.65. The summed E-state index contributed by atoms with van der Waals surface area (Å²) in [4.78, 5) is 17.1. The van der Waals surface area contributed by atoms with Gasteiger partial charge in [-0.1, -0.05) is 12.1 Å². The van der Waals surface area contributed by atoms with Gasteiger partial charge in [-0.05, 0) is 36.2 Å². The first-order valence-electron chi connectivity index (χ1n) is 6.61. The zero-order chi connectivity index (χ0) is 14.4. The summed E-state index contributed by atoms with van der Waals surface area (Å²) in [5.41, 5.74) is 3.20. The predicted molar refractivity (Wildman–Crippen MR) is 81.0 cm³/mol. The van der Waals surface area contributed by atoms with Crippen LogP contribution in [0, 0.1) is 0 Å². The van der Waals surface area contributed by atoms with Gasteiger partial charge in [-0.25, -0.2) is 0 Å². The quantitative estimate of drug-likeness (QED) is 0.907. The van der Waals surface area contributed by atoms with Gasteiger partial charge >= 0.3 is 0 Å². The molecule has 0 aliphatic carbocycles. The maximum Gasteiger partial charge on any atom is 0.222 e. The molecule has 0 aliphatic heterocycles. The molecule has 1 aromatic carbocycles. The number of rotatable bonds is 5. The van der Waals surface area contributed by atoms with Crippen LogP contribution in [0.5, 0.6) is 0 Å². The van der Waals surface area contributed by atoms with E-state index in [0.29, 0.717) is 6.42 Å². The second kappa shape index (κ2) is 6.70. The Morgan fingerprint density at radius 2 is 1.65 bits per heavy atom. The summed E-state index contributed by atoms with van der Waals surface area (Å²) in [6.07, 6.45) is 4.82.